The number of carbonyl (C=O) groups excluding carboxylic acids is 2. The highest BCUT2D eigenvalue weighted by Crippen LogP contribution is 2.36. The van der Waals surface area contributed by atoms with E-state index >= 15 is 0 Å². The van der Waals surface area contributed by atoms with Crippen molar-refractivity contribution in [1.82, 2.24) is 0 Å². The zero-order valence-electron chi connectivity index (χ0n) is 16.0. The Morgan fingerprint density at radius 2 is 1.76 bits per heavy atom. The Bertz CT molecular complexity index is 1040. The smallest absolute Gasteiger partial charge is 0.342 e. The zero-order valence-corrected chi connectivity index (χ0v) is 16.8. The minimum absolute atomic E-state index is 0.296. The third kappa shape index (κ3) is 5.18. The number of anilines is 1. The van der Waals surface area contributed by atoms with Gasteiger partial charge >= 0.3 is 5.97 Å². The van der Waals surface area contributed by atoms with Crippen molar-refractivity contribution in [3.05, 3.63) is 83.0 Å². The predicted octanol–water partition coefficient (Wildman–Crippen LogP) is 5.77. The number of thiophene rings is 1. The van der Waals surface area contributed by atoms with Crippen LogP contribution in [0.3, 0.4) is 0 Å². The van der Waals surface area contributed by atoms with E-state index in [-0.39, 0.29) is 6.10 Å². The molecule has 1 amide bonds. The molecule has 148 valence electrons. The van der Waals surface area contributed by atoms with Gasteiger partial charge in [-0.3, -0.25) is 4.79 Å². The summed E-state index contributed by atoms with van der Waals surface area (Å²) in [5.74, 6) is -1.39. The van der Waals surface area contributed by atoms with E-state index < -0.39 is 17.7 Å². The molecule has 0 saturated carbocycles. The molecule has 1 aromatic heterocycles. The van der Waals surface area contributed by atoms with E-state index in [0.717, 1.165) is 5.56 Å². The molecule has 0 fully saturated rings. The van der Waals surface area contributed by atoms with Crippen molar-refractivity contribution < 1.29 is 18.7 Å². The average molecular weight is 409 g/mol. The predicted molar refractivity (Wildman–Crippen MR) is 114 cm³/mol. The molecule has 0 aliphatic rings. The Morgan fingerprint density at radius 3 is 2.45 bits per heavy atom. The molecule has 2 aromatic carbocycles. The Morgan fingerprint density at radius 1 is 1.07 bits per heavy atom. The number of ether oxygens (including phenoxy) is 1. The van der Waals surface area contributed by atoms with E-state index in [2.05, 4.69) is 5.32 Å². The van der Waals surface area contributed by atoms with Crippen LogP contribution in [0.1, 0.15) is 29.8 Å². The second-order valence-electron chi connectivity index (χ2n) is 6.52. The number of hydrogen-bond acceptors (Lipinski definition) is 4. The number of amides is 1. The van der Waals surface area contributed by atoms with E-state index in [4.69, 9.17) is 4.74 Å². The molecular formula is C23H20FNO3S. The molecule has 0 aliphatic heterocycles. The molecule has 0 radical (unpaired) electrons. The van der Waals surface area contributed by atoms with Crippen molar-refractivity contribution in [1.29, 1.82) is 0 Å². The summed E-state index contributed by atoms with van der Waals surface area (Å²) in [5.41, 5.74) is 2.15. The first-order chi connectivity index (χ1) is 14.0. The van der Waals surface area contributed by atoms with Gasteiger partial charge in [0.05, 0.1) is 6.10 Å². The van der Waals surface area contributed by atoms with Crippen LogP contribution in [0.2, 0.25) is 0 Å². The maximum atomic E-state index is 13.7. The van der Waals surface area contributed by atoms with E-state index in [1.165, 1.54) is 29.6 Å². The minimum atomic E-state index is -0.506. The lowest BCUT2D eigenvalue weighted by Crippen LogP contribution is -2.15. The fraction of sp³-hybridized carbons (Fsp3) is 0.130. The zero-order chi connectivity index (χ0) is 20.8. The third-order valence-corrected chi connectivity index (χ3v) is 4.87. The summed E-state index contributed by atoms with van der Waals surface area (Å²) in [6.45, 7) is 3.53. The van der Waals surface area contributed by atoms with Gasteiger partial charge in [-0.15, -0.1) is 11.3 Å². The maximum Gasteiger partial charge on any atom is 0.342 e. The molecule has 1 N–H and O–H groups in total. The Kier molecular flexibility index (Phi) is 6.57. The largest absolute Gasteiger partial charge is 0.459 e. The number of hydrogen-bond donors (Lipinski definition) is 1. The summed E-state index contributed by atoms with van der Waals surface area (Å²) in [6.07, 6.45) is 2.33. The van der Waals surface area contributed by atoms with Gasteiger partial charge < -0.3 is 10.1 Å². The summed E-state index contributed by atoms with van der Waals surface area (Å²) in [4.78, 5) is 25.1. The molecule has 1 heterocycles. The van der Waals surface area contributed by atoms with Gasteiger partial charge in [0.2, 0.25) is 5.91 Å². The third-order valence-electron chi connectivity index (χ3n) is 3.98. The second-order valence-corrected chi connectivity index (χ2v) is 7.40. The summed E-state index contributed by atoms with van der Waals surface area (Å²) < 4.78 is 19.1. The van der Waals surface area contributed by atoms with E-state index in [1.54, 1.807) is 32.0 Å². The summed E-state index contributed by atoms with van der Waals surface area (Å²) in [5, 5.41) is 4.91. The van der Waals surface area contributed by atoms with Crippen LogP contribution < -0.4 is 5.32 Å². The first-order valence-corrected chi connectivity index (χ1v) is 9.95. The standard InChI is InChI=1S/C23H20FNO3S/c1-15(2)28-23(27)21-18(16-8-4-3-5-9-16)14-29-22(21)25-20(26)13-12-17-10-6-7-11-19(17)24/h3-15H,1-2H3,(H,25,26)/b13-12+. The van der Waals surface area contributed by atoms with Crippen LogP contribution in [0.25, 0.3) is 17.2 Å². The molecule has 3 rings (SSSR count). The topological polar surface area (TPSA) is 55.4 Å². The lowest BCUT2D eigenvalue weighted by atomic mass is 10.0. The van der Waals surface area contributed by atoms with E-state index in [1.807, 2.05) is 35.7 Å². The Balaban J connectivity index is 1.88. The van der Waals surface area contributed by atoms with Crippen molar-refractivity contribution in [2.75, 3.05) is 5.32 Å². The molecule has 29 heavy (non-hydrogen) atoms. The van der Waals surface area contributed by atoms with Crippen molar-refractivity contribution in [2.45, 2.75) is 20.0 Å². The van der Waals surface area contributed by atoms with Crippen molar-refractivity contribution in [2.24, 2.45) is 0 Å². The van der Waals surface area contributed by atoms with E-state index in [9.17, 15) is 14.0 Å². The fourth-order valence-electron chi connectivity index (χ4n) is 2.69. The molecule has 4 nitrogen and oxygen atoms in total. The minimum Gasteiger partial charge on any atom is -0.459 e. The van der Waals surface area contributed by atoms with Gasteiger partial charge in [-0.2, -0.15) is 0 Å². The SMILES string of the molecule is CC(C)OC(=O)c1c(-c2ccccc2)csc1NC(=O)/C=C/c1ccccc1F. The number of halogens is 1. The van der Waals surface area contributed by atoms with Crippen LogP contribution in [0, 0.1) is 5.82 Å². The lowest BCUT2D eigenvalue weighted by Gasteiger charge is -2.11. The molecule has 3 aromatic rings. The van der Waals surface area contributed by atoms with Gasteiger partial charge in [0.15, 0.2) is 0 Å². The molecule has 0 aliphatic carbocycles. The van der Waals surface area contributed by atoms with Crippen molar-refractivity contribution >= 4 is 34.3 Å². The quantitative estimate of drug-likeness (QED) is 0.415. The molecule has 0 unspecified atom stereocenters. The highest BCUT2D eigenvalue weighted by atomic mass is 32.1. The monoisotopic (exact) mass is 409 g/mol. The Labute approximate surface area is 172 Å². The van der Waals surface area contributed by atoms with Gasteiger partial charge in [0.25, 0.3) is 0 Å². The van der Waals surface area contributed by atoms with E-state index in [0.29, 0.717) is 21.7 Å². The Hall–Kier alpha value is -3.25. The highest BCUT2D eigenvalue weighted by molar-refractivity contribution is 7.15. The summed E-state index contributed by atoms with van der Waals surface area (Å²) in [6, 6.07) is 15.6. The van der Waals surface area contributed by atoms with Crippen LogP contribution in [0.5, 0.6) is 0 Å². The number of rotatable bonds is 6. The summed E-state index contributed by atoms with van der Waals surface area (Å²) >= 11 is 1.24. The van der Waals surface area contributed by atoms with Gasteiger partial charge in [-0.05, 0) is 31.6 Å². The van der Waals surface area contributed by atoms with Crippen molar-refractivity contribution in [3.8, 4) is 11.1 Å². The summed E-state index contributed by atoms with van der Waals surface area (Å²) in [7, 11) is 0. The van der Waals surface area contributed by atoms with Crippen LogP contribution in [-0.4, -0.2) is 18.0 Å². The first-order valence-electron chi connectivity index (χ1n) is 9.07. The fourth-order valence-corrected chi connectivity index (χ4v) is 3.65. The molecular weight excluding hydrogens is 389 g/mol. The molecule has 6 heteroatoms. The van der Waals surface area contributed by atoms with Gasteiger partial charge in [-0.25, -0.2) is 9.18 Å². The molecule has 0 atom stereocenters. The van der Waals surface area contributed by atoms with Gasteiger partial charge in [-0.1, -0.05) is 48.5 Å². The molecule has 0 bridgehead atoms. The van der Waals surface area contributed by atoms with Crippen molar-refractivity contribution in [3.63, 3.8) is 0 Å². The number of benzene rings is 2. The average Bonchev–Trinajstić information content (AvgIpc) is 3.11. The number of carbonyl (C=O) groups is 2. The van der Waals surface area contributed by atoms with Gasteiger partial charge in [0.1, 0.15) is 16.4 Å². The number of esters is 1. The van der Waals surface area contributed by atoms with Crippen LogP contribution in [0.15, 0.2) is 66.1 Å². The van der Waals surface area contributed by atoms with Gasteiger partial charge in [0, 0.05) is 22.6 Å². The maximum absolute atomic E-state index is 13.7. The van der Waals surface area contributed by atoms with Crippen LogP contribution in [0.4, 0.5) is 9.39 Å². The van der Waals surface area contributed by atoms with Crippen LogP contribution in [-0.2, 0) is 9.53 Å². The number of nitrogens with one attached hydrogen (secondary N) is 1. The molecule has 0 saturated heterocycles. The van der Waals surface area contributed by atoms with Crippen LogP contribution >= 0.6 is 11.3 Å². The first kappa shape index (κ1) is 20.5. The second kappa shape index (κ2) is 9.30. The highest BCUT2D eigenvalue weighted by Gasteiger charge is 2.23. The molecule has 0 spiro atoms. The lowest BCUT2D eigenvalue weighted by molar-refractivity contribution is -0.111. The normalized spacial score (nSPS) is 11.0.